The first-order valence-electron chi connectivity index (χ1n) is 14.0. The third-order valence-electron chi connectivity index (χ3n) is 7.83. The highest BCUT2D eigenvalue weighted by Gasteiger charge is 2.50. The molecule has 0 aromatic heterocycles. The number of nitrogens with one attached hydrogen (secondary N) is 1. The second-order valence-corrected chi connectivity index (χ2v) is 14.9. The summed E-state index contributed by atoms with van der Waals surface area (Å²) >= 11 is 0. The Labute approximate surface area is 252 Å². The van der Waals surface area contributed by atoms with Gasteiger partial charge in [-0.2, -0.15) is 0 Å². The molecule has 4 atom stereocenters. The number of carbonyl (C=O) groups excluding carboxylic acids is 1. The van der Waals surface area contributed by atoms with Gasteiger partial charge >= 0.3 is 5.97 Å². The highest BCUT2D eigenvalue weighted by molar-refractivity contribution is 8.09. The number of aliphatic hydroxyl groups is 1. The molecule has 1 aliphatic rings. The molecule has 0 saturated carbocycles. The predicted octanol–water partition coefficient (Wildman–Crippen LogP) is 4.94. The van der Waals surface area contributed by atoms with Crippen LogP contribution in [0.5, 0.6) is 0 Å². The zero-order valence-corrected chi connectivity index (χ0v) is 25.1. The first-order chi connectivity index (χ1) is 20.7. The number of benzene rings is 4. The molecule has 4 aromatic carbocycles. The molecule has 0 radical (unpaired) electrons. The van der Waals surface area contributed by atoms with E-state index >= 15 is 0 Å². The molecule has 0 saturated heterocycles. The summed E-state index contributed by atoms with van der Waals surface area (Å²) in [6, 6.07) is 30.5. The van der Waals surface area contributed by atoms with Crippen LogP contribution in [0.25, 0.3) is 0 Å². The molecule has 224 valence electrons. The normalized spacial score (nSPS) is 19.0. The molecule has 10 heteroatoms. The van der Waals surface area contributed by atoms with Gasteiger partial charge in [-0.05, 0) is 60.9 Å². The Bertz CT molecular complexity index is 1690. The molecular formula is C33H33NO7S2. The number of aliphatic hydroxyl groups excluding tert-OH is 1. The van der Waals surface area contributed by atoms with Crippen LogP contribution in [0.3, 0.4) is 0 Å². The van der Waals surface area contributed by atoms with Crippen molar-refractivity contribution >= 4 is 31.3 Å². The van der Waals surface area contributed by atoms with Crippen molar-refractivity contribution in [2.75, 3.05) is 11.9 Å². The monoisotopic (exact) mass is 619 g/mol. The first-order valence-corrected chi connectivity index (χ1v) is 17.1. The van der Waals surface area contributed by atoms with Gasteiger partial charge in [-0.25, -0.2) is 21.6 Å². The number of rotatable bonds is 11. The Balaban J connectivity index is 1.67. The molecule has 0 unspecified atom stereocenters. The number of carbonyl (C=O) groups is 1. The van der Waals surface area contributed by atoms with Crippen molar-refractivity contribution in [2.24, 2.45) is 0 Å². The van der Waals surface area contributed by atoms with E-state index in [9.17, 15) is 26.7 Å². The van der Waals surface area contributed by atoms with E-state index in [1.807, 2.05) is 30.3 Å². The van der Waals surface area contributed by atoms with E-state index in [4.69, 9.17) is 4.74 Å². The average molecular weight is 620 g/mol. The lowest BCUT2D eigenvalue weighted by Gasteiger charge is -2.31. The summed E-state index contributed by atoms with van der Waals surface area (Å²) in [4.78, 5) is 12.6. The summed E-state index contributed by atoms with van der Waals surface area (Å²) in [5, 5.41) is 14.7. The van der Waals surface area contributed by atoms with E-state index < -0.39 is 54.2 Å². The SMILES string of the molecule is CCOC(=O)[C@@H](O)[C@H]1c2ccccc2[C@H](CC(S(=O)(=O)c2ccccc2)S(=O)(=O)c2ccccc2)[C@H]1Nc1ccccc1. The van der Waals surface area contributed by atoms with Crippen LogP contribution in [0.15, 0.2) is 125 Å². The zero-order valence-electron chi connectivity index (χ0n) is 23.5. The van der Waals surface area contributed by atoms with Crippen LogP contribution in [-0.4, -0.2) is 51.2 Å². The molecule has 0 bridgehead atoms. The van der Waals surface area contributed by atoms with E-state index in [2.05, 4.69) is 5.32 Å². The maximum Gasteiger partial charge on any atom is 0.335 e. The van der Waals surface area contributed by atoms with Gasteiger partial charge in [0.2, 0.25) is 0 Å². The van der Waals surface area contributed by atoms with Gasteiger partial charge in [0.25, 0.3) is 0 Å². The standard InChI is InChI=1S/C33H33NO7S2/c1-2-41-33(36)32(35)30-27-21-13-12-20-26(27)28(31(30)34-23-14-6-3-7-15-23)22-29(42(37,38)24-16-8-4-9-17-24)43(39,40)25-18-10-5-11-19-25/h3-21,28-32,34-35H,2,22H2,1H3/t28-,30-,31+,32-/m0/s1. The highest BCUT2D eigenvalue weighted by atomic mass is 32.3. The van der Waals surface area contributed by atoms with Crippen molar-refractivity contribution in [3.63, 3.8) is 0 Å². The smallest absolute Gasteiger partial charge is 0.335 e. The maximum atomic E-state index is 14.2. The van der Waals surface area contributed by atoms with Gasteiger partial charge < -0.3 is 15.2 Å². The molecule has 1 aliphatic carbocycles. The van der Waals surface area contributed by atoms with Crippen molar-refractivity contribution in [2.45, 2.75) is 51.7 Å². The zero-order chi connectivity index (χ0) is 30.6. The van der Waals surface area contributed by atoms with E-state index in [-0.39, 0.29) is 22.8 Å². The molecule has 5 rings (SSSR count). The minimum atomic E-state index is -4.43. The molecule has 0 spiro atoms. The van der Waals surface area contributed by atoms with Gasteiger partial charge in [0.1, 0.15) is 0 Å². The van der Waals surface area contributed by atoms with Crippen molar-refractivity contribution in [3.8, 4) is 0 Å². The Hall–Kier alpha value is -3.99. The lowest BCUT2D eigenvalue weighted by molar-refractivity contribution is -0.154. The van der Waals surface area contributed by atoms with Crippen molar-refractivity contribution in [3.05, 3.63) is 126 Å². The third kappa shape index (κ3) is 6.08. The van der Waals surface area contributed by atoms with Gasteiger partial charge in [-0.3, -0.25) is 0 Å². The lowest BCUT2D eigenvalue weighted by atomic mass is 9.88. The van der Waals surface area contributed by atoms with Gasteiger partial charge in [0.05, 0.1) is 16.4 Å². The molecule has 0 aliphatic heterocycles. The summed E-state index contributed by atoms with van der Waals surface area (Å²) in [5.41, 5.74) is 1.94. The maximum absolute atomic E-state index is 14.2. The topological polar surface area (TPSA) is 127 Å². The molecule has 8 nitrogen and oxygen atoms in total. The molecule has 0 amide bonds. The molecule has 0 fully saturated rings. The van der Waals surface area contributed by atoms with E-state index in [0.29, 0.717) is 16.8 Å². The second kappa shape index (κ2) is 12.7. The fourth-order valence-corrected chi connectivity index (χ4v) is 10.5. The van der Waals surface area contributed by atoms with Crippen LogP contribution in [0.2, 0.25) is 0 Å². The number of sulfone groups is 2. The Kier molecular flexibility index (Phi) is 9.00. The van der Waals surface area contributed by atoms with E-state index in [1.165, 1.54) is 24.3 Å². The number of ether oxygens (including phenoxy) is 1. The van der Waals surface area contributed by atoms with E-state index in [0.717, 1.165) is 0 Å². The summed E-state index contributed by atoms with van der Waals surface area (Å²) in [7, 11) is -8.85. The van der Waals surface area contributed by atoms with Gasteiger partial charge in [0, 0.05) is 23.6 Å². The summed E-state index contributed by atoms with van der Waals surface area (Å²) in [6.45, 7) is 1.71. The number of fused-ring (bicyclic) bond motifs is 1. The fourth-order valence-electron chi connectivity index (χ4n) is 5.87. The molecule has 0 heterocycles. The number of anilines is 1. The van der Waals surface area contributed by atoms with Gasteiger partial charge in [-0.15, -0.1) is 0 Å². The van der Waals surface area contributed by atoms with E-state index in [1.54, 1.807) is 67.6 Å². The Morgan fingerprint density at radius 1 is 0.744 bits per heavy atom. The largest absolute Gasteiger partial charge is 0.464 e. The van der Waals surface area contributed by atoms with Crippen molar-refractivity contribution < 1.29 is 31.5 Å². The highest BCUT2D eigenvalue weighted by Crippen LogP contribution is 2.49. The minimum Gasteiger partial charge on any atom is -0.464 e. The van der Waals surface area contributed by atoms with Crippen LogP contribution in [0, 0.1) is 0 Å². The second-order valence-electron chi connectivity index (χ2n) is 10.4. The molecule has 4 aromatic rings. The predicted molar refractivity (Wildman–Crippen MR) is 164 cm³/mol. The molecule has 43 heavy (non-hydrogen) atoms. The van der Waals surface area contributed by atoms with Crippen LogP contribution in [0.1, 0.15) is 36.3 Å². The average Bonchev–Trinajstić information content (AvgIpc) is 3.33. The van der Waals surface area contributed by atoms with Crippen LogP contribution >= 0.6 is 0 Å². The van der Waals surface area contributed by atoms with Gasteiger partial charge in [-0.1, -0.05) is 78.9 Å². The lowest BCUT2D eigenvalue weighted by Crippen LogP contribution is -2.41. The third-order valence-corrected chi connectivity index (χ3v) is 13.0. The van der Waals surface area contributed by atoms with Crippen LogP contribution in [0.4, 0.5) is 5.69 Å². The van der Waals surface area contributed by atoms with Crippen molar-refractivity contribution in [1.82, 2.24) is 0 Å². The van der Waals surface area contributed by atoms with Gasteiger partial charge in [0.15, 0.2) is 30.4 Å². The quantitative estimate of drug-likeness (QED) is 0.226. The Morgan fingerprint density at radius 2 is 1.21 bits per heavy atom. The summed E-state index contributed by atoms with van der Waals surface area (Å²) in [5.74, 6) is -2.39. The fraction of sp³-hybridized carbons (Fsp3) is 0.242. The number of esters is 1. The number of hydrogen-bond acceptors (Lipinski definition) is 8. The summed E-state index contributed by atoms with van der Waals surface area (Å²) < 4.78 is 60.1. The number of hydrogen-bond donors (Lipinski definition) is 2. The number of para-hydroxylation sites is 1. The van der Waals surface area contributed by atoms with Crippen molar-refractivity contribution in [1.29, 1.82) is 0 Å². The summed E-state index contributed by atoms with van der Waals surface area (Å²) in [6.07, 6.45) is -1.91. The molecule has 2 N–H and O–H groups in total. The Morgan fingerprint density at radius 3 is 1.72 bits per heavy atom. The molecular weight excluding hydrogens is 586 g/mol. The first kappa shape index (κ1) is 30.5. The van der Waals surface area contributed by atoms with Crippen LogP contribution < -0.4 is 5.32 Å². The minimum absolute atomic E-state index is 0.0666. The van der Waals surface area contributed by atoms with Crippen LogP contribution in [-0.2, 0) is 29.2 Å².